The van der Waals surface area contributed by atoms with E-state index in [1.54, 1.807) is 19.3 Å². The predicted molar refractivity (Wildman–Crippen MR) is 84.5 cm³/mol. The zero-order chi connectivity index (χ0) is 18.2. The summed E-state index contributed by atoms with van der Waals surface area (Å²) in [6.07, 6.45) is -1.52. The number of halogens is 3. The molecule has 0 aliphatic rings. The van der Waals surface area contributed by atoms with Crippen LogP contribution in [0.2, 0.25) is 0 Å². The van der Waals surface area contributed by atoms with E-state index in [4.69, 9.17) is 0 Å². The summed E-state index contributed by atoms with van der Waals surface area (Å²) in [6.45, 7) is 0. The minimum Gasteiger partial charge on any atom is -0.293 e. The van der Waals surface area contributed by atoms with Crippen LogP contribution in [0.25, 0.3) is 5.69 Å². The molecule has 0 saturated carbocycles. The van der Waals surface area contributed by atoms with E-state index in [1.165, 1.54) is 47.1 Å². The maximum atomic E-state index is 13.1. The van der Waals surface area contributed by atoms with Crippen molar-refractivity contribution in [3.8, 4) is 5.69 Å². The van der Waals surface area contributed by atoms with Crippen LogP contribution in [0.5, 0.6) is 0 Å². The molecular formula is C16H14F3N5O. The van der Waals surface area contributed by atoms with Gasteiger partial charge < -0.3 is 0 Å². The third-order valence-electron chi connectivity index (χ3n) is 3.61. The molecule has 1 amide bonds. The average Bonchev–Trinajstić information content (AvgIpc) is 3.22. The van der Waals surface area contributed by atoms with E-state index in [-0.39, 0.29) is 11.4 Å². The zero-order valence-electron chi connectivity index (χ0n) is 13.4. The molecule has 0 bridgehead atoms. The van der Waals surface area contributed by atoms with Gasteiger partial charge in [0.25, 0.3) is 5.91 Å². The largest absolute Gasteiger partial charge is 0.418 e. The van der Waals surface area contributed by atoms with E-state index in [0.717, 1.165) is 10.7 Å². The average molecular weight is 349 g/mol. The Morgan fingerprint density at radius 3 is 2.44 bits per heavy atom. The Kier molecular flexibility index (Phi) is 4.07. The number of carbonyl (C=O) groups excluding carboxylic acids is 1. The minimum atomic E-state index is -4.52. The fraction of sp³-hybridized carbons (Fsp3) is 0.188. The Bertz CT molecular complexity index is 912. The molecule has 0 atom stereocenters. The van der Waals surface area contributed by atoms with Crippen molar-refractivity contribution in [1.29, 1.82) is 0 Å². The van der Waals surface area contributed by atoms with E-state index in [2.05, 4.69) is 10.2 Å². The topological polar surface area (TPSA) is 56.0 Å². The van der Waals surface area contributed by atoms with E-state index in [9.17, 15) is 18.0 Å². The highest BCUT2D eigenvalue weighted by molar-refractivity contribution is 6.03. The Morgan fingerprint density at radius 2 is 1.80 bits per heavy atom. The number of rotatable bonds is 3. The van der Waals surface area contributed by atoms with Crippen LogP contribution in [0.4, 0.5) is 19.0 Å². The zero-order valence-corrected chi connectivity index (χ0v) is 13.4. The molecule has 0 saturated heterocycles. The van der Waals surface area contributed by atoms with Gasteiger partial charge in [-0.15, -0.1) is 0 Å². The van der Waals surface area contributed by atoms with E-state index >= 15 is 0 Å². The SMILES string of the molecule is CN(C(=O)c1ccn(-c2ccccc2C(F)(F)F)n1)c1ccn(C)n1. The van der Waals surface area contributed by atoms with Crippen molar-refractivity contribution in [2.45, 2.75) is 6.18 Å². The van der Waals surface area contributed by atoms with E-state index < -0.39 is 17.6 Å². The number of hydrogen-bond acceptors (Lipinski definition) is 3. The maximum Gasteiger partial charge on any atom is 0.418 e. The van der Waals surface area contributed by atoms with Gasteiger partial charge in [0.1, 0.15) is 0 Å². The molecule has 0 fully saturated rings. The lowest BCUT2D eigenvalue weighted by molar-refractivity contribution is -0.137. The molecule has 0 aliphatic heterocycles. The van der Waals surface area contributed by atoms with Crippen molar-refractivity contribution in [1.82, 2.24) is 19.6 Å². The third-order valence-corrected chi connectivity index (χ3v) is 3.61. The summed E-state index contributed by atoms with van der Waals surface area (Å²) < 4.78 is 42.0. The number of hydrogen-bond donors (Lipinski definition) is 0. The molecule has 3 aromatic rings. The molecule has 0 unspecified atom stereocenters. The standard InChI is InChI=1S/C16H14F3N5O/c1-22-9-8-14(21-22)23(2)15(25)12-7-10-24(20-12)13-6-4-3-5-11(13)16(17,18)19/h3-10H,1-2H3. The van der Waals surface area contributed by atoms with Gasteiger partial charge in [-0.3, -0.25) is 14.4 Å². The first-order chi connectivity index (χ1) is 11.8. The first kappa shape index (κ1) is 16.7. The van der Waals surface area contributed by atoms with Crippen molar-refractivity contribution >= 4 is 11.7 Å². The Morgan fingerprint density at radius 1 is 1.08 bits per heavy atom. The Balaban J connectivity index is 1.92. The summed E-state index contributed by atoms with van der Waals surface area (Å²) in [4.78, 5) is 13.7. The smallest absolute Gasteiger partial charge is 0.293 e. The summed E-state index contributed by atoms with van der Waals surface area (Å²) in [5, 5.41) is 8.11. The molecule has 2 heterocycles. The molecule has 0 spiro atoms. The maximum absolute atomic E-state index is 13.1. The highest BCUT2D eigenvalue weighted by Crippen LogP contribution is 2.33. The molecule has 130 valence electrons. The quantitative estimate of drug-likeness (QED) is 0.731. The molecule has 3 rings (SSSR count). The molecule has 0 N–H and O–H groups in total. The first-order valence-electron chi connectivity index (χ1n) is 7.27. The molecular weight excluding hydrogens is 335 g/mol. The van der Waals surface area contributed by atoms with Gasteiger partial charge in [-0.1, -0.05) is 12.1 Å². The van der Waals surface area contributed by atoms with E-state index in [1.807, 2.05) is 0 Å². The lowest BCUT2D eigenvalue weighted by Crippen LogP contribution is -2.27. The number of carbonyl (C=O) groups is 1. The summed E-state index contributed by atoms with van der Waals surface area (Å²) in [6, 6.07) is 8.07. The third kappa shape index (κ3) is 3.25. The lowest BCUT2D eigenvalue weighted by atomic mass is 10.2. The highest BCUT2D eigenvalue weighted by atomic mass is 19.4. The number of amides is 1. The van der Waals surface area contributed by atoms with Crippen LogP contribution >= 0.6 is 0 Å². The van der Waals surface area contributed by atoms with Crippen LogP contribution in [0.3, 0.4) is 0 Å². The van der Waals surface area contributed by atoms with E-state index in [0.29, 0.717) is 5.82 Å². The van der Waals surface area contributed by atoms with Crippen molar-refractivity contribution in [3.05, 3.63) is 60.0 Å². The normalized spacial score (nSPS) is 11.6. The number of nitrogens with zero attached hydrogens (tertiary/aromatic N) is 5. The minimum absolute atomic E-state index is 0.0186. The molecule has 0 radical (unpaired) electrons. The van der Waals surface area contributed by atoms with Gasteiger partial charge in [0, 0.05) is 32.6 Å². The van der Waals surface area contributed by atoms with Gasteiger partial charge in [-0.05, 0) is 18.2 Å². The second-order valence-electron chi connectivity index (χ2n) is 5.37. The molecule has 6 nitrogen and oxygen atoms in total. The number of benzene rings is 1. The molecule has 25 heavy (non-hydrogen) atoms. The number of aromatic nitrogens is 4. The van der Waals surface area contributed by atoms with Crippen LogP contribution in [0.1, 0.15) is 16.1 Å². The van der Waals surface area contributed by atoms with Crippen molar-refractivity contribution in [2.75, 3.05) is 11.9 Å². The van der Waals surface area contributed by atoms with Gasteiger partial charge in [-0.25, -0.2) is 4.68 Å². The molecule has 2 aromatic heterocycles. The van der Waals surface area contributed by atoms with Crippen molar-refractivity contribution < 1.29 is 18.0 Å². The van der Waals surface area contributed by atoms with Crippen LogP contribution < -0.4 is 4.90 Å². The Labute approximate surface area is 141 Å². The monoisotopic (exact) mass is 349 g/mol. The van der Waals surface area contributed by atoms with Crippen LogP contribution in [0.15, 0.2) is 48.8 Å². The second kappa shape index (κ2) is 6.08. The lowest BCUT2D eigenvalue weighted by Gasteiger charge is -2.13. The summed E-state index contributed by atoms with van der Waals surface area (Å²) >= 11 is 0. The number of aryl methyl sites for hydroxylation is 1. The molecule has 0 aliphatic carbocycles. The Hall–Kier alpha value is -3.10. The van der Waals surface area contributed by atoms with Crippen LogP contribution in [-0.2, 0) is 13.2 Å². The van der Waals surface area contributed by atoms with Crippen LogP contribution in [0, 0.1) is 0 Å². The summed E-state index contributed by atoms with van der Waals surface area (Å²) in [5.41, 5.74) is -0.949. The highest BCUT2D eigenvalue weighted by Gasteiger charge is 2.34. The van der Waals surface area contributed by atoms with Gasteiger partial charge in [-0.2, -0.15) is 23.4 Å². The number of para-hydroxylation sites is 1. The van der Waals surface area contributed by atoms with Crippen molar-refractivity contribution in [3.63, 3.8) is 0 Å². The van der Waals surface area contributed by atoms with Gasteiger partial charge >= 0.3 is 6.18 Å². The summed E-state index contributed by atoms with van der Waals surface area (Å²) in [7, 11) is 3.23. The first-order valence-corrected chi connectivity index (χ1v) is 7.27. The van der Waals surface area contributed by atoms with Gasteiger partial charge in [0.05, 0.1) is 11.3 Å². The number of alkyl halides is 3. The summed E-state index contributed by atoms with van der Waals surface area (Å²) in [5.74, 6) is -0.0559. The molecule has 9 heteroatoms. The van der Waals surface area contributed by atoms with Gasteiger partial charge in [0.2, 0.25) is 0 Å². The number of anilines is 1. The van der Waals surface area contributed by atoms with Gasteiger partial charge in [0.15, 0.2) is 11.5 Å². The molecule has 1 aromatic carbocycles. The van der Waals surface area contributed by atoms with Crippen molar-refractivity contribution in [2.24, 2.45) is 7.05 Å². The fourth-order valence-corrected chi connectivity index (χ4v) is 2.34. The predicted octanol–water partition coefficient (Wildman–Crippen LogP) is 2.90. The fourth-order valence-electron chi connectivity index (χ4n) is 2.34. The second-order valence-corrected chi connectivity index (χ2v) is 5.37. The van der Waals surface area contributed by atoms with Crippen LogP contribution in [-0.4, -0.2) is 32.5 Å².